The van der Waals surface area contributed by atoms with Gasteiger partial charge in [-0.15, -0.1) is 0 Å². The van der Waals surface area contributed by atoms with Crippen LogP contribution in [0.1, 0.15) is 0 Å². The molecule has 1 saturated heterocycles. The number of carbonyl (C=O) groups excluding carboxylic acids is 1. The van der Waals surface area contributed by atoms with Gasteiger partial charge < -0.3 is 19.3 Å². The molecule has 0 N–H and O–H groups in total. The lowest BCUT2D eigenvalue weighted by molar-refractivity contribution is -0.308. The number of amides is 1. The van der Waals surface area contributed by atoms with Gasteiger partial charge in [0.2, 0.25) is 0 Å². The van der Waals surface area contributed by atoms with E-state index in [2.05, 4.69) is 4.74 Å². The van der Waals surface area contributed by atoms with Crippen LogP contribution in [0.15, 0.2) is 24.3 Å². The largest absolute Gasteiger partial charge is 0.497 e. The van der Waals surface area contributed by atoms with Gasteiger partial charge in [-0.25, -0.2) is 4.79 Å². The Kier molecular flexibility index (Phi) is 5.77. The molecule has 0 aliphatic carbocycles. The number of hydrogen-bond acceptors (Lipinski definition) is 4. The van der Waals surface area contributed by atoms with Crippen LogP contribution in [0.25, 0.3) is 0 Å². The van der Waals surface area contributed by atoms with E-state index in [0.717, 1.165) is 10.6 Å². The normalized spacial score (nSPS) is 16.0. The lowest BCUT2D eigenvalue weighted by Crippen LogP contribution is -2.52. The Morgan fingerprint density at radius 1 is 0.962 bits per heavy atom. The Labute approximate surface area is 145 Å². The number of hydrogen-bond donors (Lipinski definition) is 0. The van der Waals surface area contributed by atoms with Crippen LogP contribution in [0.3, 0.4) is 0 Å². The molecule has 0 bridgehead atoms. The molecule has 1 aromatic carbocycles. The van der Waals surface area contributed by atoms with Crippen molar-refractivity contribution < 1.29 is 40.6 Å². The van der Waals surface area contributed by atoms with E-state index < -0.39 is 24.5 Å². The van der Waals surface area contributed by atoms with Crippen LogP contribution >= 0.6 is 0 Å². The Hall–Kier alpha value is -2.33. The van der Waals surface area contributed by atoms with Gasteiger partial charge in [-0.1, -0.05) is 0 Å². The van der Waals surface area contributed by atoms with Crippen molar-refractivity contribution in [3.63, 3.8) is 0 Å². The van der Waals surface area contributed by atoms with E-state index in [9.17, 15) is 31.1 Å². The molecule has 0 radical (unpaired) electrons. The average Bonchev–Trinajstić information content (AvgIpc) is 2.57. The van der Waals surface area contributed by atoms with Crippen molar-refractivity contribution in [1.82, 2.24) is 4.90 Å². The zero-order valence-electron chi connectivity index (χ0n) is 13.6. The molecule has 146 valence electrons. The summed E-state index contributed by atoms with van der Waals surface area (Å²) >= 11 is 0. The summed E-state index contributed by atoms with van der Waals surface area (Å²) in [6.07, 6.45) is -17.2. The first-order valence-corrected chi connectivity index (χ1v) is 7.50. The molecule has 26 heavy (non-hydrogen) atoms. The molecule has 0 atom stereocenters. The predicted octanol–water partition coefficient (Wildman–Crippen LogP) is 3.45. The minimum absolute atomic E-state index is 0.0622. The van der Waals surface area contributed by atoms with Crippen molar-refractivity contribution in [2.75, 3.05) is 38.2 Å². The third-order valence-electron chi connectivity index (χ3n) is 3.79. The molecule has 0 spiro atoms. The quantitative estimate of drug-likeness (QED) is 0.747. The third-order valence-corrected chi connectivity index (χ3v) is 3.79. The van der Waals surface area contributed by atoms with Crippen molar-refractivity contribution in [2.45, 2.75) is 18.5 Å². The molecule has 1 amide bonds. The number of alkyl halides is 6. The maximum absolute atomic E-state index is 12.5. The SMILES string of the molecule is COc1ccc(N2CCN(C(=O)OC(C(F)(F)F)C(F)(F)F)CC2)cc1. The number of methoxy groups -OCH3 is 1. The first-order valence-electron chi connectivity index (χ1n) is 7.50. The second-order valence-electron chi connectivity index (χ2n) is 5.52. The molecule has 11 heteroatoms. The van der Waals surface area contributed by atoms with Crippen LogP contribution in [-0.2, 0) is 4.74 Å². The van der Waals surface area contributed by atoms with Crippen molar-refractivity contribution >= 4 is 11.8 Å². The summed E-state index contributed by atoms with van der Waals surface area (Å²) in [5.74, 6) is 0.640. The highest BCUT2D eigenvalue weighted by Gasteiger charge is 2.60. The zero-order chi connectivity index (χ0) is 19.5. The predicted molar refractivity (Wildman–Crippen MR) is 79.2 cm³/mol. The number of nitrogens with zero attached hydrogens (tertiary/aromatic N) is 2. The molecular weight excluding hydrogens is 370 g/mol. The Morgan fingerprint density at radius 3 is 1.88 bits per heavy atom. The highest BCUT2D eigenvalue weighted by Crippen LogP contribution is 2.36. The number of carbonyl (C=O) groups is 1. The zero-order valence-corrected chi connectivity index (χ0v) is 13.6. The van der Waals surface area contributed by atoms with Crippen molar-refractivity contribution in [2.24, 2.45) is 0 Å². The second kappa shape index (κ2) is 7.50. The molecule has 1 aliphatic rings. The maximum Gasteiger partial charge on any atom is 0.434 e. The summed E-state index contributed by atoms with van der Waals surface area (Å²) < 4.78 is 83.4. The monoisotopic (exact) mass is 386 g/mol. The fourth-order valence-electron chi connectivity index (χ4n) is 2.43. The summed E-state index contributed by atoms with van der Waals surface area (Å²) in [7, 11) is 1.51. The van der Waals surface area contributed by atoms with Gasteiger partial charge in [0.15, 0.2) is 0 Å². The number of benzene rings is 1. The van der Waals surface area contributed by atoms with Gasteiger partial charge in [0, 0.05) is 31.9 Å². The molecule has 0 saturated carbocycles. The number of piperazine rings is 1. The molecule has 0 aromatic heterocycles. The molecule has 1 fully saturated rings. The van der Waals surface area contributed by atoms with E-state index in [0.29, 0.717) is 5.75 Å². The molecular formula is C15H16F6N2O3. The number of ether oxygens (including phenoxy) is 2. The topological polar surface area (TPSA) is 42.0 Å². The van der Waals surface area contributed by atoms with E-state index in [1.807, 2.05) is 4.90 Å². The Morgan fingerprint density at radius 2 is 1.46 bits per heavy atom. The summed E-state index contributed by atoms with van der Waals surface area (Å²) in [4.78, 5) is 14.4. The Bertz CT molecular complexity index is 595. The minimum atomic E-state index is -5.72. The second-order valence-corrected chi connectivity index (χ2v) is 5.52. The van der Waals surface area contributed by atoms with Crippen molar-refractivity contribution in [1.29, 1.82) is 0 Å². The fraction of sp³-hybridized carbons (Fsp3) is 0.533. The Balaban J connectivity index is 1.95. The standard InChI is InChI=1S/C15H16F6N2O3/c1-25-11-4-2-10(3-5-11)22-6-8-23(9-7-22)13(24)26-12(14(16,17)18)15(19,20)21/h2-5,12H,6-9H2,1H3. The summed E-state index contributed by atoms with van der Waals surface area (Å²) in [5.41, 5.74) is 0.794. The van der Waals surface area contributed by atoms with E-state index in [1.54, 1.807) is 24.3 Å². The van der Waals surface area contributed by atoms with Crippen LogP contribution < -0.4 is 9.64 Å². The van der Waals surface area contributed by atoms with Gasteiger partial charge in [-0.2, -0.15) is 26.3 Å². The number of rotatable bonds is 3. The molecule has 1 heterocycles. The first kappa shape index (κ1) is 20.0. The third kappa shape index (κ3) is 4.85. The van der Waals surface area contributed by atoms with Gasteiger partial charge >= 0.3 is 18.4 Å². The minimum Gasteiger partial charge on any atom is -0.497 e. The molecule has 1 aromatic rings. The van der Waals surface area contributed by atoms with E-state index in [-0.39, 0.29) is 26.2 Å². The van der Waals surface area contributed by atoms with Crippen LogP contribution in [0.4, 0.5) is 36.8 Å². The van der Waals surface area contributed by atoms with Gasteiger partial charge in [-0.05, 0) is 24.3 Å². The maximum atomic E-state index is 12.5. The van der Waals surface area contributed by atoms with E-state index in [1.165, 1.54) is 7.11 Å². The van der Waals surface area contributed by atoms with Crippen LogP contribution in [0.5, 0.6) is 5.75 Å². The fourth-order valence-corrected chi connectivity index (χ4v) is 2.43. The van der Waals surface area contributed by atoms with E-state index in [4.69, 9.17) is 4.74 Å². The highest BCUT2D eigenvalue weighted by molar-refractivity contribution is 5.68. The van der Waals surface area contributed by atoms with Gasteiger partial charge in [-0.3, -0.25) is 0 Å². The summed E-state index contributed by atoms with van der Waals surface area (Å²) in [6, 6.07) is 6.95. The highest BCUT2D eigenvalue weighted by atomic mass is 19.4. The summed E-state index contributed by atoms with van der Waals surface area (Å²) in [6.45, 7) is 0.356. The first-order chi connectivity index (χ1) is 12.0. The van der Waals surface area contributed by atoms with Crippen molar-refractivity contribution in [3.05, 3.63) is 24.3 Å². The molecule has 0 unspecified atom stereocenters. The number of anilines is 1. The molecule has 1 aliphatic heterocycles. The average molecular weight is 386 g/mol. The molecule has 2 rings (SSSR count). The van der Waals surface area contributed by atoms with Crippen LogP contribution in [0.2, 0.25) is 0 Å². The van der Waals surface area contributed by atoms with Crippen LogP contribution in [-0.4, -0.2) is 62.7 Å². The number of halogens is 6. The lowest BCUT2D eigenvalue weighted by Gasteiger charge is -2.36. The lowest BCUT2D eigenvalue weighted by atomic mass is 10.2. The molecule has 5 nitrogen and oxygen atoms in total. The smallest absolute Gasteiger partial charge is 0.434 e. The van der Waals surface area contributed by atoms with Gasteiger partial charge in [0.25, 0.3) is 6.10 Å². The van der Waals surface area contributed by atoms with E-state index >= 15 is 0 Å². The van der Waals surface area contributed by atoms with Crippen molar-refractivity contribution in [3.8, 4) is 5.75 Å². The van der Waals surface area contributed by atoms with Gasteiger partial charge in [0.05, 0.1) is 7.11 Å². The van der Waals surface area contributed by atoms with Crippen LogP contribution in [0, 0.1) is 0 Å². The van der Waals surface area contributed by atoms with Gasteiger partial charge in [0.1, 0.15) is 5.75 Å². The summed E-state index contributed by atoms with van der Waals surface area (Å²) in [5, 5.41) is 0.